The number of rotatable bonds is 4. The van der Waals surface area contributed by atoms with E-state index in [4.69, 9.17) is 9.47 Å². The minimum atomic E-state index is -0.528. The smallest absolute Gasteiger partial charge is 0.407 e. The van der Waals surface area contributed by atoms with E-state index in [1.54, 1.807) is 0 Å². The number of amides is 1. The highest BCUT2D eigenvalue weighted by atomic mass is 16.5. The largest absolute Gasteiger partial charge is 0.468 e. The lowest BCUT2D eigenvalue weighted by atomic mass is 9.91. The average Bonchev–Trinajstić information content (AvgIpc) is 2.67. The molecule has 25 heavy (non-hydrogen) atoms. The fourth-order valence-electron chi connectivity index (χ4n) is 2.91. The highest BCUT2D eigenvalue weighted by molar-refractivity contribution is 5.79. The standard InChI is InChI=1S/C19H20N2O4/c1-24-18(22)17-15-10-6-5-9-14(15)16(11-20-17)21-19(23)25-12-13-7-3-2-4-8-13/h2-10,16-17,20H,11-12H2,1H3,(H,21,23)/t16-,17-/m1/s1. The van der Waals surface area contributed by atoms with E-state index in [1.165, 1.54) is 7.11 Å². The Morgan fingerprint density at radius 2 is 1.76 bits per heavy atom. The first-order chi connectivity index (χ1) is 12.2. The van der Waals surface area contributed by atoms with Crippen molar-refractivity contribution < 1.29 is 19.1 Å². The normalized spacial score (nSPS) is 18.8. The highest BCUT2D eigenvalue weighted by Gasteiger charge is 2.32. The molecule has 2 atom stereocenters. The number of methoxy groups -OCH3 is 1. The van der Waals surface area contributed by atoms with E-state index in [0.29, 0.717) is 6.54 Å². The molecule has 0 spiro atoms. The van der Waals surface area contributed by atoms with Gasteiger partial charge in [-0.05, 0) is 16.7 Å². The number of carbonyl (C=O) groups is 2. The van der Waals surface area contributed by atoms with Crippen LogP contribution in [0.5, 0.6) is 0 Å². The Hall–Kier alpha value is -2.86. The molecule has 0 aliphatic carbocycles. The van der Waals surface area contributed by atoms with Gasteiger partial charge < -0.3 is 14.8 Å². The van der Waals surface area contributed by atoms with Gasteiger partial charge in [0.05, 0.1) is 13.2 Å². The fourth-order valence-corrected chi connectivity index (χ4v) is 2.91. The van der Waals surface area contributed by atoms with Gasteiger partial charge in [0.1, 0.15) is 12.6 Å². The molecule has 0 aromatic heterocycles. The topological polar surface area (TPSA) is 76.7 Å². The summed E-state index contributed by atoms with van der Waals surface area (Å²) in [6, 6.07) is 16.2. The van der Waals surface area contributed by atoms with Crippen LogP contribution in [0.3, 0.4) is 0 Å². The molecule has 1 aliphatic heterocycles. The molecule has 2 N–H and O–H groups in total. The summed E-state index contributed by atoms with van der Waals surface area (Å²) in [7, 11) is 1.36. The molecule has 0 radical (unpaired) electrons. The van der Waals surface area contributed by atoms with Gasteiger partial charge in [0.2, 0.25) is 0 Å². The van der Waals surface area contributed by atoms with E-state index in [2.05, 4.69) is 10.6 Å². The van der Waals surface area contributed by atoms with Gasteiger partial charge in [0.25, 0.3) is 0 Å². The molecule has 6 heteroatoms. The molecule has 1 amide bonds. The molecular weight excluding hydrogens is 320 g/mol. The van der Waals surface area contributed by atoms with Crippen molar-refractivity contribution in [2.24, 2.45) is 0 Å². The summed E-state index contributed by atoms with van der Waals surface area (Å²) in [5.74, 6) is -0.349. The maximum absolute atomic E-state index is 12.1. The van der Waals surface area contributed by atoms with Gasteiger partial charge in [-0.25, -0.2) is 9.59 Å². The maximum atomic E-state index is 12.1. The minimum Gasteiger partial charge on any atom is -0.468 e. The van der Waals surface area contributed by atoms with Gasteiger partial charge in [-0.3, -0.25) is 5.32 Å². The van der Waals surface area contributed by atoms with Crippen LogP contribution in [0.1, 0.15) is 28.8 Å². The number of hydrogen-bond donors (Lipinski definition) is 2. The Bertz CT molecular complexity index is 748. The molecule has 2 aromatic rings. The summed E-state index contributed by atoms with van der Waals surface area (Å²) >= 11 is 0. The van der Waals surface area contributed by atoms with Gasteiger partial charge in [0, 0.05) is 6.54 Å². The number of ether oxygens (including phenoxy) is 2. The fraction of sp³-hybridized carbons (Fsp3) is 0.263. The Morgan fingerprint density at radius 3 is 2.48 bits per heavy atom. The maximum Gasteiger partial charge on any atom is 0.407 e. The van der Waals surface area contributed by atoms with Crippen LogP contribution in [0, 0.1) is 0 Å². The lowest BCUT2D eigenvalue weighted by molar-refractivity contribution is -0.143. The SMILES string of the molecule is COC(=O)[C@@H]1NC[C@@H](NC(=O)OCc2ccccc2)c2ccccc21. The number of esters is 1. The van der Waals surface area contributed by atoms with Gasteiger partial charge >= 0.3 is 12.1 Å². The number of hydrogen-bond acceptors (Lipinski definition) is 5. The van der Waals surface area contributed by atoms with E-state index in [0.717, 1.165) is 16.7 Å². The predicted molar refractivity (Wildman–Crippen MR) is 91.7 cm³/mol. The van der Waals surface area contributed by atoms with Crippen molar-refractivity contribution in [2.75, 3.05) is 13.7 Å². The van der Waals surface area contributed by atoms with Crippen LogP contribution in [0.25, 0.3) is 0 Å². The zero-order valence-corrected chi connectivity index (χ0v) is 13.9. The Labute approximate surface area is 146 Å². The molecule has 0 fully saturated rings. The molecule has 3 rings (SSSR count). The molecule has 1 aliphatic rings. The Morgan fingerprint density at radius 1 is 1.08 bits per heavy atom. The minimum absolute atomic E-state index is 0.208. The number of benzene rings is 2. The third-order valence-electron chi connectivity index (χ3n) is 4.15. The summed E-state index contributed by atoms with van der Waals surface area (Å²) in [6.07, 6.45) is -0.498. The van der Waals surface area contributed by atoms with Crippen LogP contribution in [0.2, 0.25) is 0 Å². The molecule has 0 saturated carbocycles. The Balaban J connectivity index is 1.66. The second-order valence-corrected chi connectivity index (χ2v) is 5.75. The van der Waals surface area contributed by atoms with E-state index in [9.17, 15) is 9.59 Å². The van der Waals surface area contributed by atoms with Crippen LogP contribution >= 0.6 is 0 Å². The van der Waals surface area contributed by atoms with E-state index < -0.39 is 12.1 Å². The summed E-state index contributed by atoms with van der Waals surface area (Å²) < 4.78 is 10.1. The van der Waals surface area contributed by atoms with Crippen LogP contribution in [0.15, 0.2) is 54.6 Å². The molecule has 2 aromatic carbocycles. The Kier molecular flexibility index (Phi) is 5.30. The molecule has 6 nitrogen and oxygen atoms in total. The van der Waals surface area contributed by atoms with Crippen molar-refractivity contribution in [2.45, 2.75) is 18.7 Å². The molecular formula is C19H20N2O4. The summed E-state index contributed by atoms with van der Waals surface area (Å²) in [4.78, 5) is 24.0. The van der Waals surface area contributed by atoms with Gasteiger partial charge in [0.15, 0.2) is 0 Å². The van der Waals surface area contributed by atoms with Crippen molar-refractivity contribution >= 4 is 12.1 Å². The predicted octanol–water partition coefficient (Wildman–Crippen LogP) is 2.47. The van der Waals surface area contributed by atoms with E-state index in [1.807, 2.05) is 54.6 Å². The van der Waals surface area contributed by atoms with Crippen molar-refractivity contribution in [3.8, 4) is 0 Å². The molecule has 0 unspecified atom stereocenters. The molecule has 0 bridgehead atoms. The summed E-state index contributed by atoms with van der Waals surface area (Å²) in [5, 5.41) is 5.96. The molecule has 1 heterocycles. The van der Waals surface area contributed by atoms with Crippen LogP contribution < -0.4 is 10.6 Å². The van der Waals surface area contributed by atoms with Crippen LogP contribution in [-0.2, 0) is 20.9 Å². The quantitative estimate of drug-likeness (QED) is 0.836. The lowest BCUT2D eigenvalue weighted by Crippen LogP contribution is -2.44. The number of carbonyl (C=O) groups excluding carboxylic acids is 2. The monoisotopic (exact) mass is 340 g/mol. The van der Waals surface area contributed by atoms with E-state index in [-0.39, 0.29) is 18.6 Å². The van der Waals surface area contributed by atoms with Crippen molar-refractivity contribution in [3.63, 3.8) is 0 Å². The first kappa shape index (κ1) is 17.0. The third kappa shape index (κ3) is 3.97. The van der Waals surface area contributed by atoms with Crippen molar-refractivity contribution in [1.29, 1.82) is 0 Å². The average molecular weight is 340 g/mol. The number of alkyl carbamates (subject to hydrolysis) is 1. The molecule has 0 saturated heterocycles. The lowest BCUT2D eigenvalue weighted by Gasteiger charge is -2.31. The van der Waals surface area contributed by atoms with Gasteiger partial charge in [-0.2, -0.15) is 0 Å². The van der Waals surface area contributed by atoms with Crippen molar-refractivity contribution in [3.05, 3.63) is 71.3 Å². The zero-order chi connectivity index (χ0) is 17.6. The van der Waals surface area contributed by atoms with Crippen molar-refractivity contribution in [1.82, 2.24) is 10.6 Å². The number of nitrogens with one attached hydrogen (secondary N) is 2. The summed E-state index contributed by atoms with van der Waals surface area (Å²) in [5.41, 5.74) is 2.60. The second-order valence-electron chi connectivity index (χ2n) is 5.75. The molecule has 130 valence electrons. The van der Waals surface area contributed by atoms with Crippen LogP contribution in [0.4, 0.5) is 4.79 Å². The zero-order valence-electron chi connectivity index (χ0n) is 13.9. The first-order valence-corrected chi connectivity index (χ1v) is 8.06. The first-order valence-electron chi connectivity index (χ1n) is 8.06. The summed E-state index contributed by atoms with van der Waals surface area (Å²) in [6.45, 7) is 0.621. The van der Waals surface area contributed by atoms with Gasteiger partial charge in [-0.15, -0.1) is 0 Å². The van der Waals surface area contributed by atoms with Crippen LogP contribution in [-0.4, -0.2) is 25.7 Å². The van der Waals surface area contributed by atoms with Gasteiger partial charge in [-0.1, -0.05) is 54.6 Å². The highest BCUT2D eigenvalue weighted by Crippen LogP contribution is 2.29. The second kappa shape index (κ2) is 7.81. The van der Waals surface area contributed by atoms with E-state index >= 15 is 0 Å². The number of fused-ring (bicyclic) bond motifs is 1. The third-order valence-corrected chi connectivity index (χ3v) is 4.15.